The lowest BCUT2D eigenvalue weighted by atomic mass is 10.1. The number of hydrogen-bond donors (Lipinski definition) is 1. The molecule has 2 atom stereocenters. The third-order valence-corrected chi connectivity index (χ3v) is 5.78. The first kappa shape index (κ1) is 20.4. The molecule has 1 N–H and O–H groups in total. The lowest BCUT2D eigenvalue weighted by molar-refractivity contribution is 0.110. The van der Waals surface area contributed by atoms with Gasteiger partial charge in [-0.25, -0.2) is 0 Å². The molecule has 3 rings (SSSR count). The second-order valence-corrected chi connectivity index (χ2v) is 8.02. The first-order valence-electron chi connectivity index (χ1n) is 10.2. The number of methoxy groups -OCH3 is 1. The number of ether oxygens (including phenoxy) is 1. The lowest BCUT2D eigenvalue weighted by Gasteiger charge is -2.24. The highest BCUT2D eigenvalue weighted by Gasteiger charge is 2.27. The van der Waals surface area contributed by atoms with Gasteiger partial charge in [0.2, 0.25) is 0 Å². The van der Waals surface area contributed by atoms with Gasteiger partial charge in [0, 0.05) is 38.3 Å². The Morgan fingerprint density at radius 1 is 1.33 bits per heavy atom. The highest BCUT2D eigenvalue weighted by molar-refractivity contribution is 6.30. The minimum absolute atomic E-state index is 0.0830. The second kappa shape index (κ2) is 10.3. The van der Waals surface area contributed by atoms with Crippen LogP contribution in [0.3, 0.4) is 0 Å². The monoisotopic (exact) mass is 392 g/mol. The van der Waals surface area contributed by atoms with Crippen molar-refractivity contribution in [2.24, 2.45) is 10.9 Å². The summed E-state index contributed by atoms with van der Waals surface area (Å²) in [6, 6.07) is 7.85. The lowest BCUT2D eigenvalue weighted by Crippen LogP contribution is -2.41. The summed E-state index contributed by atoms with van der Waals surface area (Å²) in [6.07, 6.45) is 3.90. The first-order valence-corrected chi connectivity index (χ1v) is 10.6. The minimum atomic E-state index is -0.0830. The summed E-state index contributed by atoms with van der Waals surface area (Å²) in [6.45, 7) is 9.56. The largest absolute Gasteiger partial charge is 0.375 e. The van der Waals surface area contributed by atoms with Gasteiger partial charge >= 0.3 is 0 Å². The van der Waals surface area contributed by atoms with Crippen LogP contribution in [0.5, 0.6) is 0 Å². The van der Waals surface area contributed by atoms with Crippen LogP contribution in [0.1, 0.15) is 37.9 Å². The van der Waals surface area contributed by atoms with Crippen LogP contribution in [-0.2, 0) is 4.74 Å². The first-order chi connectivity index (χ1) is 13.2. The molecule has 2 saturated heterocycles. The van der Waals surface area contributed by atoms with Crippen LogP contribution < -0.4 is 5.32 Å². The Hall–Kier alpha value is -1.30. The molecule has 0 radical (unpaired) electrons. The average Bonchev–Trinajstić information content (AvgIpc) is 3.34. The molecule has 150 valence electrons. The van der Waals surface area contributed by atoms with Crippen molar-refractivity contribution in [3.63, 3.8) is 0 Å². The standard InChI is InChI=1S/C21H33ClN4O/c1-3-23-21(24-14-20(27-2)18-7-6-8-19(22)13-18)26-12-9-17(16-26)15-25-10-4-5-11-25/h6-8,13,17,20H,3-5,9-12,14-16H2,1-2H3,(H,23,24). The van der Waals surface area contributed by atoms with Crippen LogP contribution in [-0.4, -0.2) is 68.7 Å². The molecule has 0 bridgehead atoms. The van der Waals surface area contributed by atoms with E-state index in [1.54, 1.807) is 7.11 Å². The molecule has 1 aromatic rings. The summed E-state index contributed by atoms with van der Waals surface area (Å²) in [4.78, 5) is 9.92. The molecule has 0 aliphatic carbocycles. The van der Waals surface area contributed by atoms with Crippen molar-refractivity contribution < 1.29 is 4.74 Å². The number of nitrogens with zero attached hydrogens (tertiary/aromatic N) is 3. The second-order valence-electron chi connectivity index (χ2n) is 7.58. The van der Waals surface area contributed by atoms with Crippen molar-refractivity contribution in [3.05, 3.63) is 34.9 Å². The molecule has 2 aliphatic rings. The number of hydrogen-bond acceptors (Lipinski definition) is 3. The summed E-state index contributed by atoms with van der Waals surface area (Å²) in [5.74, 6) is 1.75. The number of nitrogens with one attached hydrogen (secondary N) is 1. The van der Waals surface area contributed by atoms with Crippen molar-refractivity contribution in [1.82, 2.24) is 15.1 Å². The number of likely N-dealkylation sites (tertiary alicyclic amines) is 2. The van der Waals surface area contributed by atoms with E-state index in [2.05, 4.69) is 22.0 Å². The topological polar surface area (TPSA) is 40.1 Å². The zero-order valence-corrected chi connectivity index (χ0v) is 17.4. The number of halogens is 1. The predicted molar refractivity (Wildman–Crippen MR) is 113 cm³/mol. The normalized spacial score (nSPS) is 22.4. The van der Waals surface area contributed by atoms with E-state index in [-0.39, 0.29) is 6.10 Å². The van der Waals surface area contributed by atoms with E-state index in [0.717, 1.165) is 42.1 Å². The average molecular weight is 393 g/mol. The van der Waals surface area contributed by atoms with E-state index in [1.807, 2.05) is 24.3 Å². The molecule has 0 saturated carbocycles. The van der Waals surface area contributed by atoms with Gasteiger partial charge in [-0.3, -0.25) is 4.99 Å². The van der Waals surface area contributed by atoms with Gasteiger partial charge in [0.1, 0.15) is 6.10 Å². The fourth-order valence-corrected chi connectivity index (χ4v) is 4.32. The fraction of sp³-hybridized carbons (Fsp3) is 0.667. The van der Waals surface area contributed by atoms with E-state index in [4.69, 9.17) is 21.3 Å². The Labute approximate surface area is 168 Å². The van der Waals surface area contributed by atoms with Crippen molar-refractivity contribution in [1.29, 1.82) is 0 Å². The number of rotatable bonds is 7. The van der Waals surface area contributed by atoms with E-state index < -0.39 is 0 Å². The van der Waals surface area contributed by atoms with Gasteiger partial charge in [-0.05, 0) is 62.9 Å². The Morgan fingerprint density at radius 3 is 2.85 bits per heavy atom. The SMILES string of the molecule is CCNC(=NCC(OC)c1cccc(Cl)c1)N1CCC(CN2CCCC2)C1. The van der Waals surface area contributed by atoms with Gasteiger partial charge in [0.05, 0.1) is 6.54 Å². The van der Waals surface area contributed by atoms with Gasteiger partial charge < -0.3 is 19.9 Å². The van der Waals surface area contributed by atoms with E-state index in [0.29, 0.717) is 6.54 Å². The van der Waals surface area contributed by atoms with Gasteiger partial charge in [-0.2, -0.15) is 0 Å². The quantitative estimate of drug-likeness (QED) is 0.570. The maximum absolute atomic E-state index is 6.13. The third kappa shape index (κ3) is 5.84. The van der Waals surface area contributed by atoms with Crippen LogP contribution in [0.25, 0.3) is 0 Å². The molecule has 6 heteroatoms. The van der Waals surface area contributed by atoms with Crippen molar-refractivity contribution >= 4 is 17.6 Å². The molecule has 2 aliphatic heterocycles. The molecule has 2 heterocycles. The minimum Gasteiger partial charge on any atom is -0.375 e. The Morgan fingerprint density at radius 2 is 2.15 bits per heavy atom. The molecule has 0 spiro atoms. The maximum atomic E-state index is 6.13. The Kier molecular flexibility index (Phi) is 7.80. The van der Waals surface area contributed by atoms with Crippen LogP contribution in [0.15, 0.2) is 29.3 Å². The summed E-state index contributed by atoms with van der Waals surface area (Å²) < 4.78 is 5.67. The Balaban J connectivity index is 1.60. The molecule has 27 heavy (non-hydrogen) atoms. The molecule has 2 fully saturated rings. The van der Waals surface area contributed by atoms with Crippen LogP contribution in [0, 0.1) is 5.92 Å². The summed E-state index contributed by atoms with van der Waals surface area (Å²) in [7, 11) is 1.73. The van der Waals surface area contributed by atoms with E-state index in [9.17, 15) is 0 Å². The van der Waals surface area contributed by atoms with Gasteiger partial charge in [0.15, 0.2) is 5.96 Å². The zero-order valence-electron chi connectivity index (χ0n) is 16.7. The summed E-state index contributed by atoms with van der Waals surface area (Å²) in [5.41, 5.74) is 1.07. The third-order valence-electron chi connectivity index (χ3n) is 5.55. The van der Waals surface area contributed by atoms with Gasteiger partial charge in [-0.1, -0.05) is 23.7 Å². The van der Waals surface area contributed by atoms with Crippen LogP contribution in [0.4, 0.5) is 0 Å². The van der Waals surface area contributed by atoms with E-state index in [1.165, 1.54) is 38.9 Å². The van der Waals surface area contributed by atoms with Crippen molar-refractivity contribution in [2.75, 3.05) is 52.9 Å². The smallest absolute Gasteiger partial charge is 0.194 e. The summed E-state index contributed by atoms with van der Waals surface area (Å²) >= 11 is 6.13. The fourth-order valence-electron chi connectivity index (χ4n) is 4.12. The van der Waals surface area contributed by atoms with Gasteiger partial charge in [0.25, 0.3) is 0 Å². The molecule has 0 amide bonds. The highest BCUT2D eigenvalue weighted by Crippen LogP contribution is 2.22. The molecule has 0 aromatic heterocycles. The van der Waals surface area contributed by atoms with Gasteiger partial charge in [-0.15, -0.1) is 0 Å². The number of guanidine groups is 1. The predicted octanol–water partition coefficient (Wildman–Crippen LogP) is 3.41. The molecular formula is C21H33ClN4O. The molecule has 1 aromatic carbocycles. The molecule has 2 unspecified atom stereocenters. The van der Waals surface area contributed by atoms with Crippen LogP contribution in [0.2, 0.25) is 5.02 Å². The van der Waals surface area contributed by atoms with Crippen molar-refractivity contribution in [2.45, 2.75) is 32.3 Å². The molecular weight excluding hydrogens is 360 g/mol. The van der Waals surface area contributed by atoms with E-state index >= 15 is 0 Å². The number of aliphatic imine (C=N–C) groups is 1. The van der Waals surface area contributed by atoms with Crippen LogP contribution >= 0.6 is 11.6 Å². The summed E-state index contributed by atoms with van der Waals surface area (Å²) in [5, 5.41) is 4.19. The maximum Gasteiger partial charge on any atom is 0.194 e. The number of benzene rings is 1. The zero-order chi connectivity index (χ0) is 19.1. The Bertz CT molecular complexity index is 618. The van der Waals surface area contributed by atoms with Crippen molar-refractivity contribution in [3.8, 4) is 0 Å². The molecule has 5 nitrogen and oxygen atoms in total. The highest BCUT2D eigenvalue weighted by atomic mass is 35.5.